The Balaban J connectivity index is 1.43. The average molecular weight is 390 g/mol. The Hall–Kier alpha value is -3.92. The van der Waals surface area contributed by atoms with E-state index >= 15 is 0 Å². The molecular formula is C22H16F2N4O. The molecule has 0 aliphatic carbocycles. The molecule has 5 nitrogen and oxygen atoms in total. The Kier molecular flexibility index (Phi) is 5.08. The number of nitriles is 1. The molecular weight excluding hydrogens is 374 g/mol. The van der Waals surface area contributed by atoms with Crippen molar-refractivity contribution in [3.63, 3.8) is 0 Å². The van der Waals surface area contributed by atoms with Crippen LogP contribution in [0, 0.1) is 23.0 Å². The Bertz CT molecular complexity index is 1150. The summed E-state index contributed by atoms with van der Waals surface area (Å²) in [7, 11) is 0. The fourth-order valence-electron chi connectivity index (χ4n) is 2.94. The molecule has 0 amide bonds. The molecule has 4 rings (SSSR count). The van der Waals surface area contributed by atoms with E-state index in [0.29, 0.717) is 17.1 Å². The molecule has 144 valence electrons. The second-order valence-electron chi connectivity index (χ2n) is 6.39. The van der Waals surface area contributed by atoms with E-state index in [9.17, 15) is 14.0 Å². The highest BCUT2D eigenvalue weighted by molar-refractivity contribution is 5.74. The molecule has 1 aromatic heterocycles. The number of rotatable bonds is 6. The smallest absolute Gasteiger partial charge is 0.146 e. The zero-order valence-electron chi connectivity index (χ0n) is 15.2. The number of anilines is 1. The summed E-state index contributed by atoms with van der Waals surface area (Å²) < 4.78 is 32.9. The van der Waals surface area contributed by atoms with Gasteiger partial charge < -0.3 is 15.0 Å². The van der Waals surface area contributed by atoms with Crippen molar-refractivity contribution in [2.75, 3.05) is 5.32 Å². The molecule has 0 saturated heterocycles. The maximum absolute atomic E-state index is 13.8. The zero-order valence-corrected chi connectivity index (χ0v) is 15.2. The summed E-state index contributed by atoms with van der Waals surface area (Å²) in [5.41, 5.74) is 2.34. The van der Waals surface area contributed by atoms with E-state index < -0.39 is 17.7 Å². The summed E-state index contributed by atoms with van der Waals surface area (Å²) in [6.45, 7) is 0.266. The van der Waals surface area contributed by atoms with Crippen LogP contribution in [-0.4, -0.2) is 9.97 Å². The minimum atomic E-state index is -0.837. The monoisotopic (exact) mass is 390 g/mol. The Morgan fingerprint density at radius 2 is 1.86 bits per heavy atom. The third kappa shape index (κ3) is 4.17. The van der Waals surface area contributed by atoms with Crippen LogP contribution in [0.5, 0.6) is 5.75 Å². The van der Waals surface area contributed by atoms with Gasteiger partial charge in [0, 0.05) is 0 Å². The number of aromatic amines is 1. The van der Waals surface area contributed by atoms with Gasteiger partial charge in [-0.05, 0) is 48.0 Å². The molecule has 1 unspecified atom stereocenters. The van der Waals surface area contributed by atoms with Crippen molar-refractivity contribution >= 4 is 16.7 Å². The average Bonchev–Trinajstić information content (AvgIpc) is 3.16. The number of aromatic nitrogens is 2. The van der Waals surface area contributed by atoms with Crippen LogP contribution < -0.4 is 10.1 Å². The van der Waals surface area contributed by atoms with Gasteiger partial charge in [0.05, 0.1) is 22.8 Å². The van der Waals surface area contributed by atoms with Crippen molar-refractivity contribution < 1.29 is 13.5 Å². The SMILES string of the molecule is N#CC(Nc1cc(F)ccc1F)c1ccc(OCc2nc3ccccc3[nH]2)cc1. The lowest BCUT2D eigenvalue weighted by Crippen LogP contribution is -2.10. The number of halogens is 2. The number of para-hydroxylation sites is 2. The first kappa shape index (κ1) is 18.4. The van der Waals surface area contributed by atoms with Crippen LogP contribution in [0.1, 0.15) is 17.4 Å². The molecule has 29 heavy (non-hydrogen) atoms. The van der Waals surface area contributed by atoms with Gasteiger partial charge in [-0.15, -0.1) is 0 Å². The number of hydrogen-bond acceptors (Lipinski definition) is 4. The van der Waals surface area contributed by atoms with Crippen LogP contribution in [0.4, 0.5) is 14.5 Å². The molecule has 0 spiro atoms. The lowest BCUT2D eigenvalue weighted by Gasteiger charge is -2.14. The van der Waals surface area contributed by atoms with E-state index in [4.69, 9.17) is 4.74 Å². The number of ether oxygens (including phenoxy) is 1. The van der Waals surface area contributed by atoms with Gasteiger partial charge in [0.2, 0.25) is 0 Å². The number of fused-ring (bicyclic) bond motifs is 1. The largest absolute Gasteiger partial charge is 0.486 e. The third-order valence-corrected chi connectivity index (χ3v) is 4.38. The molecule has 1 heterocycles. The van der Waals surface area contributed by atoms with E-state index in [0.717, 1.165) is 29.2 Å². The standard InChI is InChI=1S/C22H16F2N4O/c23-15-7-10-17(24)20(11-15)26-21(12-25)14-5-8-16(9-6-14)29-13-22-27-18-3-1-2-4-19(18)28-22/h1-11,21,26H,13H2,(H,27,28). The molecule has 0 aliphatic heterocycles. The predicted molar refractivity (Wildman–Crippen MR) is 105 cm³/mol. The number of imidazole rings is 1. The molecule has 0 aliphatic rings. The van der Waals surface area contributed by atoms with Crippen molar-refractivity contribution in [3.8, 4) is 11.8 Å². The van der Waals surface area contributed by atoms with E-state index in [1.807, 2.05) is 30.3 Å². The minimum Gasteiger partial charge on any atom is -0.486 e. The third-order valence-electron chi connectivity index (χ3n) is 4.38. The van der Waals surface area contributed by atoms with Gasteiger partial charge in [-0.3, -0.25) is 0 Å². The Morgan fingerprint density at radius 1 is 1.07 bits per heavy atom. The lowest BCUT2D eigenvalue weighted by molar-refractivity contribution is 0.297. The van der Waals surface area contributed by atoms with Crippen LogP contribution in [0.15, 0.2) is 66.7 Å². The van der Waals surface area contributed by atoms with Gasteiger partial charge in [-0.2, -0.15) is 5.26 Å². The molecule has 0 saturated carbocycles. The molecule has 1 atom stereocenters. The van der Waals surface area contributed by atoms with E-state index in [1.54, 1.807) is 24.3 Å². The molecule has 0 fully saturated rings. The zero-order chi connectivity index (χ0) is 20.2. The summed E-state index contributed by atoms with van der Waals surface area (Å²) >= 11 is 0. The van der Waals surface area contributed by atoms with Crippen molar-refractivity contribution in [3.05, 3.63) is 89.8 Å². The Labute approximate surface area is 165 Å². The summed E-state index contributed by atoms with van der Waals surface area (Å²) in [6, 6.07) is 18.8. The van der Waals surface area contributed by atoms with Crippen molar-refractivity contribution in [2.45, 2.75) is 12.6 Å². The second-order valence-corrected chi connectivity index (χ2v) is 6.39. The molecule has 7 heteroatoms. The summed E-state index contributed by atoms with van der Waals surface area (Å²) in [5, 5.41) is 12.1. The second kappa shape index (κ2) is 7.98. The van der Waals surface area contributed by atoms with Crippen LogP contribution in [0.25, 0.3) is 11.0 Å². The van der Waals surface area contributed by atoms with Gasteiger partial charge in [-0.1, -0.05) is 24.3 Å². The highest BCUT2D eigenvalue weighted by Crippen LogP contribution is 2.24. The van der Waals surface area contributed by atoms with Gasteiger partial charge in [0.15, 0.2) is 0 Å². The van der Waals surface area contributed by atoms with Crippen LogP contribution in [-0.2, 0) is 6.61 Å². The summed E-state index contributed by atoms with van der Waals surface area (Å²) in [4.78, 5) is 7.64. The normalized spacial score (nSPS) is 11.8. The number of hydrogen-bond donors (Lipinski definition) is 2. The van der Waals surface area contributed by atoms with Gasteiger partial charge in [0.1, 0.15) is 35.9 Å². The lowest BCUT2D eigenvalue weighted by atomic mass is 10.1. The maximum atomic E-state index is 13.8. The van der Waals surface area contributed by atoms with E-state index in [2.05, 4.69) is 15.3 Å². The molecule has 3 aromatic carbocycles. The minimum absolute atomic E-state index is 0.0678. The molecule has 0 bridgehead atoms. The Morgan fingerprint density at radius 3 is 2.62 bits per heavy atom. The van der Waals surface area contributed by atoms with Crippen molar-refractivity contribution in [1.82, 2.24) is 9.97 Å². The fraction of sp³-hybridized carbons (Fsp3) is 0.0909. The molecule has 4 aromatic rings. The van der Waals surface area contributed by atoms with Crippen LogP contribution in [0.3, 0.4) is 0 Å². The highest BCUT2D eigenvalue weighted by Gasteiger charge is 2.14. The predicted octanol–water partition coefficient (Wildman–Crippen LogP) is 5.10. The highest BCUT2D eigenvalue weighted by atomic mass is 19.1. The fourth-order valence-corrected chi connectivity index (χ4v) is 2.94. The maximum Gasteiger partial charge on any atom is 0.146 e. The summed E-state index contributed by atoms with van der Waals surface area (Å²) in [6.07, 6.45) is 0. The van der Waals surface area contributed by atoms with Gasteiger partial charge >= 0.3 is 0 Å². The molecule has 2 N–H and O–H groups in total. The number of nitrogens with zero attached hydrogens (tertiary/aromatic N) is 2. The van der Waals surface area contributed by atoms with E-state index in [1.165, 1.54) is 0 Å². The topological polar surface area (TPSA) is 73.7 Å². The van der Waals surface area contributed by atoms with Crippen molar-refractivity contribution in [1.29, 1.82) is 5.26 Å². The van der Waals surface area contributed by atoms with Crippen LogP contribution >= 0.6 is 0 Å². The quantitative estimate of drug-likeness (QED) is 0.481. The number of benzene rings is 3. The van der Waals surface area contributed by atoms with Crippen molar-refractivity contribution in [2.24, 2.45) is 0 Å². The summed E-state index contributed by atoms with van der Waals surface area (Å²) in [5.74, 6) is 0.0913. The first-order chi connectivity index (χ1) is 14.1. The first-order valence-corrected chi connectivity index (χ1v) is 8.90. The van der Waals surface area contributed by atoms with Gasteiger partial charge in [0.25, 0.3) is 0 Å². The number of H-pyrrole nitrogens is 1. The van der Waals surface area contributed by atoms with Crippen LogP contribution in [0.2, 0.25) is 0 Å². The van der Waals surface area contributed by atoms with E-state index in [-0.39, 0.29) is 12.3 Å². The first-order valence-electron chi connectivity index (χ1n) is 8.90. The van der Waals surface area contributed by atoms with Gasteiger partial charge in [-0.25, -0.2) is 13.8 Å². The number of nitrogens with one attached hydrogen (secondary N) is 2. The molecule has 0 radical (unpaired) electrons.